The van der Waals surface area contributed by atoms with Gasteiger partial charge in [0.25, 0.3) is 0 Å². The highest BCUT2D eigenvalue weighted by Gasteiger charge is 2.23. The second-order valence-corrected chi connectivity index (χ2v) is 6.64. The summed E-state index contributed by atoms with van der Waals surface area (Å²) in [5.74, 6) is 0. The summed E-state index contributed by atoms with van der Waals surface area (Å²) < 4.78 is 25.9. The van der Waals surface area contributed by atoms with E-state index in [1.807, 2.05) is 0 Å². The molecule has 3 N–H and O–H groups in total. The normalized spacial score (nSPS) is 15.4. The van der Waals surface area contributed by atoms with Crippen LogP contribution in [0, 0.1) is 0 Å². The molecule has 102 valence electrons. The largest absolute Gasteiger partial charge is 0.393 e. The van der Waals surface area contributed by atoms with Gasteiger partial charge in [-0.3, -0.25) is 0 Å². The van der Waals surface area contributed by atoms with E-state index in [1.54, 1.807) is 0 Å². The van der Waals surface area contributed by atoms with Crippen molar-refractivity contribution >= 4 is 33.2 Å². The number of hydrogen-bond donors (Lipinski definition) is 3. The van der Waals surface area contributed by atoms with Gasteiger partial charge in [0.1, 0.15) is 0 Å². The molecule has 8 heteroatoms. The SMILES string of the molecule is CC(O)(CO)CNS(=O)(=O)c1ccc(Cl)c(Cl)c1. The molecule has 0 spiro atoms. The summed E-state index contributed by atoms with van der Waals surface area (Å²) >= 11 is 11.4. The van der Waals surface area contributed by atoms with Crippen LogP contribution in [0.2, 0.25) is 10.0 Å². The number of aliphatic hydroxyl groups is 2. The van der Waals surface area contributed by atoms with Crippen LogP contribution in [0.3, 0.4) is 0 Å². The number of aliphatic hydroxyl groups excluding tert-OH is 1. The molecule has 0 aliphatic heterocycles. The lowest BCUT2D eigenvalue weighted by Crippen LogP contribution is -2.43. The average Bonchev–Trinajstić information content (AvgIpc) is 2.30. The molecule has 0 fully saturated rings. The minimum Gasteiger partial charge on any atom is -0.393 e. The Morgan fingerprint density at radius 2 is 1.94 bits per heavy atom. The van der Waals surface area contributed by atoms with Gasteiger partial charge in [0, 0.05) is 6.54 Å². The second-order valence-electron chi connectivity index (χ2n) is 4.06. The van der Waals surface area contributed by atoms with Crippen molar-refractivity contribution in [2.24, 2.45) is 0 Å². The highest BCUT2D eigenvalue weighted by molar-refractivity contribution is 7.89. The first-order chi connectivity index (χ1) is 8.18. The van der Waals surface area contributed by atoms with Crippen LogP contribution in [-0.4, -0.2) is 37.4 Å². The third-order valence-electron chi connectivity index (χ3n) is 2.19. The number of halogens is 2. The Balaban J connectivity index is 2.90. The summed E-state index contributed by atoms with van der Waals surface area (Å²) in [7, 11) is -3.81. The van der Waals surface area contributed by atoms with E-state index in [0.29, 0.717) is 0 Å². The Hall–Kier alpha value is -0.370. The van der Waals surface area contributed by atoms with Gasteiger partial charge in [-0.05, 0) is 25.1 Å². The van der Waals surface area contributed by atoms with Gasteiger partial charge >= 0.3 is 0 Å². The zero-order chi connectivity index (χ0) is 14.0. The number of sulfonamides is 1. The molecule has 1 unspecified atom stereocenters. The van der Waals surface area contributed by atoms with Crippen molar-refractivity contribution in [3.63, 3.8) is 0 Å². The molecule has 0 aromatic heterocycles. The van der Waals surface area contributed by atoms with Crippen molar-refractivity contribution < 1.29 is 18.6 Å². The van der Waals surface area contributed by atoms with Crippen molar-refractivity contribution in [1.82, 2.24) is 4.72 Å². The molecule has 0 bridgehead atoms. The number of nitrogens with one attached hydrogen (secondary N) is 1. The summed E-state index contributed by atoms with van der Waals surface area (Å²) in [6.07, 6.45) is 0. The van der Waals surface area contributed by atoms with Crippen molar-refractivity contribution in [2.45, 2.75) is 17.4 Å². The third-order valence-corrected chi connectivity index (χ3v) is 4.32. The van der Waals surface area contributed by atoms with Crippen LogP contribution in [0.25, 0.3) is 0 Å². The van der Waals surface area contributed by atoms with E-state index in [9.17, 15) is 13.5 Å². The smallest absolute Gasteiger partial charge is 0.240 e. The van der Waals surface area contributed by atoms with Gasteiger partial charge in [0.2, 0.25) is 10.0 Å². The zero-order valence-electron chi connectivity index (χ0n) is 9.52. The highest BCUT2D eigenvalue weighted by atomic mass is 35.5. The highest BCUT2D eigenvalue weighted by Crippen LogP contribution is 2.24. The minimum absolute atomic E-state index is 0.0642. The van der Waals surface area contributed by atoms with E-state index in [4.69, 9.17) is 28.3 Å². The molecule has 0 heterocycles. The Kier molecular flexibility index (Phi) is 4.99. The lowest BCUT2D eigenvalue weighted by Gasteiger charge is -2.20. The van der Waals surface area contributed by atoms with Crippen molar-refractivity contribution in [3.8, 4) is 0 Å². The van der Waals surface area contributed by atoms with Crippen LogP contribution in [0.5, 0.6) is 0 Å². The van der Waals surface area contributed by atoms with Crippen LogP contribution in [0.15, 0.2) is 23.1 Å². The van der Waals surface area contributed by atoms with E-state index in [0.717, 1.165) is 0 Å². The van der Waals surface area contributed by atoms with E-state index < -0.39 is 22.2 Å². The number of rotatable bonds is 5. The summed E-state index contributed by atoms with van der Waals surface area (Å²) in [5.41, 5.74) is -1.52. The van der Waals surface area contributed by atoms with Gasteiger partial charge in [-0.2, -0.15) is 0 Å². The van der Waals surface area contributed by atoms with Crippen LogP contribution in [-0.2, 0) is 10.0 Å². The third kappa shape index (κ3) is 4.08. The summed E-state index contributed by atoms with van der Waals surface area (Å²) in [5, 5.41) is 18.7. The van der Waals surface area contributed by atoms with Crippen LogP contribution >= 0.6 is 23.2 Å². The molecule has 1 aromatic rings. The second kappa shape index (κ2) is 5.73. The van der Waals surface area contributed by atoms with Crippen LogP contribution in [0.4, 0.5) is 0 Å². The Morgan fingerprint density at radius 1 is 1.33 bits per heavy atom. The van der Waals surface area contributed by atoms with E-state index in [-0.39, 0.29) is 21.5 Å². The topological polar surface area (TPSA) is 86.6 Å². The van der Waals surface area contributed by atoms with Crippen molar-refractivity contribution in [1.29, 1.82) is 0 Å². The van der Waals surface area contributed by atoms with Gasteiger partial charge in [-0.15, -0.1) is 0 Å². The van der Waals surface area contributed by atoms with Crippen molar-refractivity contribution in [3.05, 3.63) is 28.2 Å². The fourth-order valence-electron chi connectivity index (χ4n) is 1.03. The Labute approximate surface area is 115 Å². The molecule has 0 aliphatic rings. The van der Waals surface area contributed by atoms with E-state index >= 15 is 0 Å². The van der Waals surface area contributed by atoms with E-state index in [1.165, 1.54) is 25.1 Å². The first-order valence-electron chi connectivity index (χ1n) is 4.96. The molecule has 5 nitrogen and oxygen atoms in total. The molecule has 18 heavy (non-hydrogen) atoms. The maximum absolute atomic E-state index is 11.9. The van der Waals surface area contributed by atoms with Gasteiger partial charge in [-0.1, -0.05) is 23.2 Å². The zero-order valence-corrected chi connectivity index (χ0v) is 11.8. The monoisotopic (exact) mass is 313 g/mol. The maximum atomic E-state index is 11.9. The minimum atomic E-state index is -3.81. The van der Waals surface area contributed by atoms with Gasteiger partial charge in [0.15, 0.2) is 0 Å². The van der Waals surface area contributed by atoms with E-state index in [2.05, 4.69) is 4.72 Å². The summed E-state index contributed by atoms with van der Waals surface area (Å²) in [4.78, 5) is -0.0642. The molecule has 0 amide bonds. The molecule has 0 aliphatic carbocycles. The molecule has 1 aromatic carbocycles. The standard InChI is InChI=1S/C10H13Cl2NO4S/c1-10(15,6-14)5-13-18(16,17)7-2-3-8(11)9(12)4-7/h2-4,13-15H,5-6H2,1H3. The van der Waals surface area contributed by atoms with Crippen LogP contribution in [0.1, 0.15) is 6.92 Å². The van der Waals surface area contributed by atoms with Gasteiger partial charge in [0.05, 0.1) is 27.1 Å². The average molecular weight is 314 g/mol. The molecule has 0 saturated carbocycles. The first-order valence-corrected chi connectivity index (χ1v) is 7.20. The fraction of sp³-hybridized carbons (Fsp3) is 0.400. The molecular formula is C10H13Cl2NO4S. The lowest BCUT2D eigenvalue weighted by atomic mass is 10.1. The summed E-state index contributed by atoms with van der Waals surface area (Å²) in [6, 6.07) is 3.87. The Bertz CT molecular complexity index is 531. The number of benzene rings is 1. The maximum Gasteiger partial charge on any atom is 0.240 e. The summed E-state index contributed by atoms with van der Waals surface area (Å²) in [6.45, 7) is 0.438. The molecular weight excluding hydrogens is 301 g/mol. The predicted octanol–water partition coefficient (Wildman–Crippen LogP) is 1.02. The molecule has 1 atom stereocenters. The number of hydrogen-bond acceptors (Lipinski definition) is 4. The predicted molar refractivity (Wildman–Crippen MR) is 69.4 cm³/mol. The van der Waals surface area contributed by atoms with Crippen LogP contribution < -0.4 is 4.72 Å². The first kappa shape index (κ1) is 15.7. The lowest BCUT2D eigenvalue weighted by molar-refractivity contribution is 0.00681. The molecule has 1 rings (SSSR count). The van der Waals surface area contributed by atoms with Gasteiger partial charge in [-0.25, -0.2) is 13.1 Å². The fourth-order valence-corrected chi connectivity index (χ4v) is 2.58. The van der Waals surface area contributed by atoms with Crippen molar-refractivity contribution in [2.75, 3.05) is 13.2 Å². The molecule has 0 saturated heterocycles. The van der Waals surface area contributed by atoms with Gasteiger partial charge < -0.3 is 10.2 Å². The quantitative estimate of drug-likeness (QED) is 0.757. The molecule has 0 radical (unpaired) electrons. The Morgan fingerprint density at radius 3 is 2.44 bits per heavy atom.